The zero-order valence-electron chi connectivity index (χ0n) is 16.5. The highest BCUT2D eigenvalue weighted by Crippen LogP contribution is 2.29. The van der Waals surface area contributed by atoms with Crippen molar-refractivity contribution in [2.45, 2.75) is 26.3 Å². The van der Waals surface area contributed by atoms with Crippen molar-refractivity contribution < 1.29 is 0 Å². The molecule has 0 spiro atoms. The third kappa shape index (κ3) is 4.74. The van der Waals surface area contributed by atoms with E-state index in [2.05, 4.69) is 42.9 Å². The maximum absolute atomic E-state index is 4.75. The quantitative estimate of drug-likeness (QED) is 0.487. The number of fused-ring (bicyclic) bond motifs is 1. The molecule has 0 saturated heterocycles. The van der Waals surface area contributed by atoms with Crippen LogP contribution in [-0.4, -0.2) is 24.9 Å². The maximum Gasteiger partial charge on any atom is 0.157 e. The number of hydrogen-bond acceptors (Lipinski definition) is 4. The van der Waals surface area contributed by atoms with Crippen molar-refractivity contribution in [3.63, 3.8) is 0 Å². The minimum atomic E-state index is -0.126. The van der Waals surface area contributed by atoms with Crippen LogP contribution in [0.3, 0.4) is 0 Å². The summed E-state index contributed by atoms with van der Waals surface area (Å²) in [5.74, 6) is 7.19. The number of anilines is 1. The molecule has 1 N–H and O–H groups in total. The summed E-state index contributed by atoms with van der Waals surface area (Å²) >= 11 is 0. The second kappa shape index (κ2) is 8.34. The average molecular weight is 404 g/mol. The average Bonchev–Trinajstić information content (AvgIpc) is 3.04. The molecule has 5 nitrogen and oxygen atoms in total. The molecule has 6 heteroatoms. The lowest BCUT2D eigenvalue weighted by Crippen LogP contribution is -2.27. The van der Waals surface area contributed by atoms with Crippen LogP contribution in [0.5, 0.6) is 0 Å². The molecule has 0 aliphatic rings. The van der Waals surface area contributed by atoms with Crippen LogP contribution in [0.15, 0.2) is 67.1 Å². The number of pyridine rings is 1. The second-order valence-corrected chi connectivity index (χ2v) is 7.51. The molecule has 0 bridgehead atoms. The normalized spacial score (nSPS) is 10.7. The fourth-order valence-corrected chi connectivity index (χ4v) is 2.85. The highest BCUT2D eigenvalue weighted by atomic mass is 35.5. The van der Waals surface area contributed by atoms with E-state index in [1.807, 2.05) is 59.1 Å². The lowest BCUT2D eigenvalue weighted by Gasteiger charge is -2.22. The van der Waals surface area contributed by atoms with Crippen molar-refractivity contribution in [1.29, 1.82) is 0 Å². The second-order valence-electron chi connectivity index (χ2n) is 7.51. The Hall–Kier alpha value is -3.36. The van der Waals surface area contributed by atoms with Gasteiger partial charge >= 0.3 is 0 Å². The number of benzene rings is 1. The number of rotatable bonds is 2. The molecule has 3 heterocycles. The summed E-state index contributed by atoms with van der Waals surface area (Å²) < 4.78 is 2.00. The van der Waals surface area contributed by atoms with Crippen LogP contribution in [0.2, 0.25) is 0 Å². The Labute approximate surface area is 176 Å². The number of hydrogen-bond donors (Lipinski definition) is 1. The van der Waals surface area contributed by atoms with E-state index in [-0.39, 0.29) is 17.9 Å². The summed E-state index contributed by atoms with van der Waals surface area (Å²) in [5.41, 5.74) is 3.87. The van der Waals surface area contributed by atoms with Gasteiger partial charge in [0.25, 0.3) is 0 Å². The van der Waals surface area contributed by atoms with Gasteiger partial charge in [0.15, 0.2) is 5.65 Å². The van der Waals surface area contributed by atoms with Crippen molar-refractivity contribution in [1.82, 2.24) is 19.4 Å². The Morgan fingerprint density at radius 2 is 1.72 bits per heavy atom. The Kier molecular flexibility index (Phi) is 5.86. The molecule has 1 aromatic carbocycles. The molecular formula is C23H22ClN5. The molecule has 0 atom stereocenters. The first-order chi connectivity index (χ1) is 13.5. The molecule has 0 fully saturated rings. The number of imidazole rings is 1. The highest BCUT2D eigenvalue weighted by Gasteiger charge is 2.20. The first-order valence-corrected chi connectivity index (χ1v) is 9.14. The predicted molar refractivity (Wildman–Crippen MR) is 119 cm³/mol. The Morgan fingerprint density at radius 3 is 2.48 bits per heavy atom. The largest absolute Gasteiger partial charge is 0.365 e. The SMILES string of the molecule is CC(C)(C)Nc1c(-c2cccc(C#Cc3ccccc3)n2)nc2cnccn12.Cl. The van der Waals surface area contributed by atoms with Gasteiger partial charge < -0.3 is 5.32 Å². The molecule has 4 rings (SSSR count). The molecule has 0 unspecified atom stereocenters. The molecule has 4 aromatic rings. The van der Waals surface area contributed by atoms with E-state index in [1.165, 1.54) is 0 Å². The zero-order valence-corrected chi connectivity index (χ0v) is 17.4. The van der Waals surface area contributed by atoms with Gasteiger partial charge in [-0.05, 0) is 51.0 Å². The molecule has 0 radical (unpaired) electrons. The van der Waals surface area contributed by atoms with Crippen LogP contribution in [0.25, 0.3) is 17.0 Å². The van der Waals surface area contributed by atoms with Gasteiger partial charge in [-0.3, -0.25) is 9.38 Å². The molecule has 0 aliphatic heterocycles. The molecule has 0 aliphatic carbocycles. The Bertz CT molecular complexity index is 1180. The smallest absolute Gasteiger partial charge is 0.157 e. The molecule has 3 aromatic heterocycles. The predicted octanol–water partition coefficient (Wildman–Crippen LogP) is 4.82. The first-order valence-electron chi connectivity index (χ1n) is 9.14. The fraction of sp³-hybridized carbons (Fsp3) is 0.174. The van der Waals surface area contributed by atoms with Gasteiger partial charge in [0.2, 0.25) is 0 Å². The Morgan fingerprint density at radius 1 is 0.931 bits per heavy atom. The first kappa shape index (κ1) is 20.4. The molecular weight excluding hydrogens is 382 g/mol. The van der Waals surface area contributed by atoms with Gasteiger partial charge in [-0.15, -0.1) is 12.4 Å². The maximum atomic E-state index is 4.75. The van der Waals surface area contributed by atoms with Gasteiger partial charge in [-0.1, -0.05) is 30.2 Å². The van der Waals surface area contributed by atoms with Gasteiger partial charge in [0.05, 0.1) is 11.9 Å². The van der Waals surface area contributed by atoms with Gasteiger partial charge in [0.1, 0.15) is 17.2 Å². The van der Waals surface area contributed by atoms with Crippen molar-refractivity contribution in [2.75, 3.05) is 5.32 Å². The van der Waals surface area contributed by atoms with Gasteiger partial charge in [-0.2, -0.15) is 0 Å². The summed E-state index contributed by atoms with van der Waals surface area (Å²) in [4.78, 5) is 13.7. The summed E-state index contributed by atoms with van der Waals surface area (Å²) in [6.45, 7) is 6.35. The molecule has 0 saturated carbocycles. The summed E-state index contributed by atoms with van der Waals surface area (Å²) in [5, 5.41) is 3.55. The zero-order chi connectivity index (χ0) is 19.6. The van der Waals surface area contributed by atoms with Crippen molar-refractivity contribution in [2.24, 2.45) is 0 Å². The van der Waals surface area contributed by atoms with E-state index >= 15 is 0 Å². The van der Waals surface area contributed by atoms with E-state index in [4.69, 9.17) is 9.97 Å². The standard InChI is InChI=1S/C23H21N5.ClH/c1-23(2,3)27-22-21(26-20-16-24-14-15-28(20)22)19-11-7-10-18(25-19)13-12-17-8-5-4-6-9-17;/h4-11,14-16,27H,1-3H3;1H. The van der Waals surface area contributed by atoms with E-state index in [1.54, 1.807) is 12.4 Å². The fourth-order valence-electron chi connectivity index (χ4n) is 2.85. The van der Waals surface area contributed by atoms with Crippen molar-refractivity contribution >= 4 is 23.9 Å². The minimum absolute atomic E-state index is 0. The summed E-state index contributed by atoms with van der Waals surface area (Å²) in [7, 11) is 0. The number of aromatic nitrogens is 4. The Balaban J connectivity index is 0.00000240. The van der Waals surface area contributed by atoms with Gasteiger partial charge in [-0.25, -0.2) is 9.97 Å². The third-order valence-corrected chi connectivity index (χ3v) is 4.02. The molecule has 0 amide bonds. The molecule has 29 heavy (non-hydrogen) atoms. The number of nitrogens with one attached hydrogen (secondary N) is 1. The summed E-state index contributed by atoms with van der Waals surface area (Å²) in [6.07, 6.45) is 5.40. The van der Waals surface area contributed by atoms with Crippen LogP contribution in [-0.2, 0) is 0 Å². The van der Waals surface area contributed by atoms with E-state index in [0.717, 1.165) is 28.4 Å². The lowest BCUT2D eigenvalue weighted by molar-refractivity contribution is 0.629. The number of halogens is 1. The molecule has 146 valence electrons. The van der Waals surface area contributed by atoms with Gasteiger partial charge in [0, 0.05) is 23.5 Å². The van der Waals surface area contributed by atoms with Crippen LogP contribution in [0.1, 0.15) is 32.0 Å². The minimum Gasteiger partial charge on any atom is -0.365 e. The monoisotopic (exact) mass is 403 g/mol. The van der Waals surface area contributed by atoms with Crippen LogP contribution in [0.4, 0.5) is 5.82 Å². The lowest BCUT2D eigenvalue weighted by atomic mass is 10.1. The number of nitrogens with zero attached hydrogens (tertiary/aromatic N) is 4. The topological polar surface area (TPSA) is 55.1 Å². The van der Waals surface area contributed by atoms with Crippen LogP contribution in [0, 0.1) is 11.8 Å². The van der Waals surface area contributed by atoms with Crippen LogP contribution < -0.4 is 5.32 Å². The summed E-state index contributed by atoms with van der Waals surface area (Å²) in [6, 6.07) is 15.7. The van der Waals surface area contributed by atoms with E-state index in [9.17, 15) is 0 Å². The van der Waals surface area contributed by atoms with E-state index in [0.29, 0.717) is 5.69 Å². The van der Waals surface area contributed by atoms with Crippen molar-refractivity contribution in [3.8, 4) is 23.2 Å². The van der Waals surface area contributed by atoms with Crippen molar-refractivity contribution in [3.05, 3.63) is 78.4 Å². The highest BCUT2D eigenvalue weighted by molar-refractivity contribution is 5.85. The van der Waals surface area contributed by atoms with E-state index < -0.39 is 0 Å². The third-order valence-electron chi connectivity index (χ3n) is 4.02. The van der Waals surface area contributed by atoms with Crippen LogP contribution >= 0.6 is 12.4 Å².